The topological polar surface area (TPSA) is 17.8 Å². The van der Waals surface area contributed by atoms with Gasteiger partial charge in [0.1, 0.15) is 5.82 Å². The maximum absolute atomic E-state index is 4.34. The summed E-state index contributed by atoms with van der Waals surface area (Å²) in [5, 5.41) is 0. The van der Waals surface area contributed by atoms with E-state index in [4.69, 9.17) is 0 Å². The Labute approximate surface area is 101 Å². The molecule has 0 radical (unpaired) electrons. The average molecular weight is 222 g/mol. The zero-order chi connectivity index (χ0) is 13.1. The van der Waals surface area contributed by atoms with E-state index in [0.29, 0.717) is 0 Å². The van der Waals surface area contributed by atoms with Gasteiger partial charge in [-0.1, -0.05) is 40.3 Å². The van der Waals surface area contributed by atoms with Crippen molar-refractivity contribution in [3.8, 4) is 0 Å². The molecule has 1 heterocycles. The fourth-order valence-electron chi connectivity index (χ4n) is 1.16. The third kappa shape index (κ3) is 4.47. The first-order valence-corrected chi connectivity index (χ1v) is 5.99. The van der Waals surface area contributed by atoms with Gasteiger partial charge in [-0.25, -0.2) is 4.98 Å². The first-order valence-electron chi connectivity index (χ1n) is 5.99. The molecule has 2 heteroatoms. The highest BCUT2D eigenvalue weighted by molar-refractivity contribution is 5.59. The van der Waals surface area contributed by atoms with Crippen LogP contribution in [0.1, 0.15) is 51.8 Å². The van der Waals surface area contributed by atoms with E-state index in [-0.39, 0.29) is 0 Å². The lowest BCUT2D eigenvalue weighted by Gasteiger charge is -1.97. The number of aromatic nitrogens is 2. The molecule has 0 aromatic carbocycles. The molecule has 1 aromatic heterocycles. The number of imidazole rings is 1. The molecule has 16 heavy (non-hydrogen) atoms. The largest absolute Gasteiger partial charge is 0.331 e. The van der Waals surface area contributed by atoms with E-state index in [1.165, 1.54) is 0 Å². The van der Waals surface area contributed by atoms with E-state index < -0.39 is 0 Å². The lowest BCUT2D eigenvalue weighted by atomic mass is 10.3. The monoisotopic (exact) mass is 222 g/mol. The van der Waals surface area contributed by atoms with E-state index in [1.807, 2.05) is 60.7 Å². The first kappa shape index (κ1) is 17.1. The molecule has 0 aliphatic rings. The molecule has 0 fully saturated rings. The lowest BCUT2D eigenvalue weighted by molar-refractivity contribution is 0.849. The molecule has 0 saturated carbocycles. The van der Waals surface area contributed by atoms with Crippen molar-refractivity contribution in [2.45, 2.75) is 41.5 Å². The zero-order valence-electron chi connectivity index (χ0n) is 11.8. The van der Waals surface area contributed by atoms with Crippen LogP contribution in [-0.2, 0) is 7.05 Å². The number of rotatable bonds is 2. The molecule has 0 amide bonds. The highest BCUT2D eigenvalue weighted by atomic mass is 15.1. The van der Waals surface area contributed by atoms with Crippen LogP contribution < -0.4 is 0 Å². The molecule has 0 spiro atoms. The van der Waals surface area contributed by atoms with Crippen LogP contribution in [0.5, 0.6) is 0 Å². The van der Waals surface area contributed by atoms with E-state index in [1.54, 1.807) is 6.08 Å². The number of aryl methyl sites for hydroxylation is 1. The zero-order valence-corrected chi connectivity index (χ0v) is 11.8. The van der Waals surface area contributed by atoms with Crippen molar-refractivity contribution in [1.82, 2.24) is 9.55 Å². The summed E-state index contributed by atoms with van der Waals surface area (Å²) in [6.07, 6.45) is 5.82. The summed E-state index contributed by atoms with van der Waals surface area (Å²) >= 11 is 0. The van der Waals surface area contributed by atoms with Crippen LogP contribution >= 0.6 is 0 Å². The van der Waals surface area contributed by atoms with Gasteiger partial charge in [-0.05, 0) is 26.0 Å². The van der Waals surface area contributed by atoms with Crippen molar-refractivity contribution in [2.75, 3.05) is 0 Å². The van der Waals surface area contributed by atoms with Gasteiger partial charge in [-0.2, -0.15) is 0 Å². The number of hydrogen-bond donors (Lipinski definition) is 0. The summed E-state index contributed by atoms with van der Waals surface area (Å²) in [6, 6.07) is 0. The Morgan fingerprint density at radius 2 is 1.69 bits per heavy atom. The smallest absolute Gasteiger partial charge is 0.106 e. The van der Waals surface area contributed by atoms with Crippen LogP contribution in [0.4, 0.5) is 0 Å². The molecule has 0 saturated heterocycles. The molecule has 0 aliphatic heterocycles. The molecule has 1 rings (SSSR count). The first-order chi connectivity index (χ1) is 7.70. The molecule has 92 valence electrons. The summed E-state index contributed by atoms with van der Waals surface area (Å²) in [6.45, 7) is 15.7. The van der Waals surface area contributed by atoms with Gasteiger partial charge >= 0.3 is 0 Å². The molecule has 1 aromatic rings. The fourth-order valence-corrected chi connectivity index (χ4v) is 1.16. The lowest BCUT2D eigenvalue weighted by Crippen LogP contribution is -1.93. The van der Waals surface area contributed by atoms with E-state index in [0.717, 1.165) is 17.2 Å². The summed E-state index contributed by atoms with van der Waals surface area (Å²) in [5.74, 6) is 1.01. The maximum Gasteiger partial charge on any atom is 0.106 e. The number of hydrogen-bond acceptors (Lipinski definition) is 1. The van der Waals surface area contributed by atoms with Crippen LogP contribution in [0.25, 0.3) is 12.2 Å². The second-order valence-corrected chi connectivity index (χ2v) is 2.69. The molecular weight excluding hydrogens is 196 g/mol. The Hall–Kier alpha value is -1.31. The highest BCUT2D eigenvalue weighted by Crippen LogP contribution is 2.12. The molecule has 0 atom stereocenters. The summed E-state index contributed by atoms with van der Waals surface area (Å²) < 4.78 is 2.05. The van der Waals surface area contributed by atoms with E-state index >= 15 is 0 Å². The minimum absolute atomic E-state index is 0.952. The predicted octanol–water partition coefficient (Wildman–Crippen LogP) is 4.46. The molecule has 0 unspecified atom stereocenters. The molecular formula is C14H26N2. The molecule has 0 N–H and O–H groups in total. The van der Waals surface area contributed by atoms with Crippen LogP contribution in [0.3, 0.4) is 0 Å². The third-order valence-corrected chi connectivity index (χ3v) is 1.91. The van der Waals surface area contributed by atoms with Gasteiger partial charge in [0.2, 0.25) is 0 Å². The van der Waals surface area contributed by atoms with E-state index in [2.05, 4.69) is 16.1 Å². The van der Waals surface area contributed by atoms with Gasteiger partial charge in [0.15, 0.2) is 0 Å². The molecule has 2 nitrogen and oxygen atoms in total. The maximum atomic E-state index is 4.34. The van der Waals surface area contributed by atoms with Crippen molar-refractivity contribution in [3.63, 3.8) is 0 Å². The van der Waals surface area contributed by atoms with Gasteiger partial charge in [-0.3, -0.25) is 0 Å². The third-order valence-electron chi connectivity index (χ3n) is 1.91. The second-order valence-electron chi connectivity index (χ2n) is 2.69. The van der Waals surface area contributed by atoms with Gasteiger partial charge in [0.05, 0.1) is 11.4 Å². The molecule has 0 aliphatic carbocycles. The van der Waals surface area contributed by atoms with Crippen molar-refractivity contribution >= 4 is 12.2 Å². The summed E-state index contributed by atoms with van der Waals surface area (Å²) in [4.78, 5) is 4.34. The molecule has 0 bridgehead atoms. The average Bonchev–Trinajstić information content (AvgIpc) is 2.62. The number of nitrogens with zero attached hydrogens (tertiary/aromatic N) is 2. The Bertz CT molecular complexity index is 320. The normalized spacial score (nSPS) is 8.94. The van der Waals surface area contributed by atoms with Crippen LogP contribution in [0, 0.1) is 6.92 Å². The van der Waals surface area contributed by atoms with Gasteiger partial charge < -0.3 is 4.57 Å². The van der Waals surface area contributed by atoms with Gasteiger partial charge in [-0.15, -0.1) is 0 Å². The second kappa shape index (κ2) is 10.2. The van der Waals surface area contributed by atoms with Gasteiger partial charge in [0.25, 0.3) is 0 Å². The predicted molar refractivity (Wildman–Crippen MR) is 75.4 cm³/mol. The van der Waals surface area contributed by atoms with Crippen molar-refractivity contribution in [3.05, 3.63) is 29.9 Å². The van der Waals surface area contributed by atoms with Crippen molar-refractivity contribution in [1.29, 1.82) is 0 Å². The quantitative estimate of drug-likeness (QED) is 0.722. The fraction of sp³-hybridized carbons (Fsp3) is 0.500. The van der Waals surface area contributed by atoms with Crippen LogP contribution in [-0.4, -0.2) is 9.55 Å². The minimum Gasteiger partial charge on any atom is -0.331 e. The number of allylic oxidation sites excluding steroid dienone is 1. The van der Waals surface area contributed by atoms with Gasteiger partial charge in [0, 0.05) is 7.05 Å². The van der Waals surface area contributed by atoms with Crippen LogP contribution in [0.2, 0.25) is 0 Å². The van der Waals surface area contributed by atoms with Crippen LogP contribution in [0.15, 0.2) is 12.7 Å². The Balaban J connectivity index is 0. The SMILES string of the molecule is C=Cc1nc(C)n(C)c1/C=C\C.CC.CC. The summed E-state index contributed by atoms with van der Waals surface area (Å²) in [7, 11) is 2.00. The van der Waals surface area contributed by atoms with E-state index in [9.17, 15) is 0 Å². The summed E-state index contributed by atoms with van der Waals surface area (Å²) in [5.41, 5.74) is 2.07. The Morgan fingerprint density at radius 3 is 2.06 bits per heavy atom. The Morgan fingerprint density at radius 1 is 1.19 bits per heavy atom. The Kier molecular flexibility index (Phi) is 10.9. The van der Waals surface area contributed by atoms with Crippen molar-refractivity contribution < 1.29 is 0 Å². The standard InChI is InChI=1S/C10H14N2.2C2H6/c1-5-7-10-9(6-2)11-8(3)12(10)4;2*1-2/h5-7H,2H2,1,3-4H3;2*1-2H3/b7-5-;;. The van der Waals surface area contributed by atoms with Crippen molar-refractivity contribution in [2.24, 2.45) is 7.05 Å². The highest BCUT2D eigenvalue weighted by Gasteiger charge is 2.04. The minimum atomic E-state index is 0.952.